The summed E-state index contributed by atoms with van der Waals surface area (Å²) in [5.74, 6) is 0.234. The van der Waals surface area contributed by atoms with Gasteiger partial charge in [0.05, 0.1) is 5.41 Å². The number of carbonyl (C=O) groups is 1. The molecule has 1 amide bonds. The third-order valence-corrected chi connectivity index (χ3v) is 3.67. The summed E-state index contributed by atoms with van der Waals surface area (Å²) in [7, 11) is 0. The van der Waals surface area contributed by atoms with Gasteiger partial charge in [-0.3, -0.25) is 4.79 Å². The van der Waals surface area contributed by atoms with E-state index in [4.69, 9.17) is 4.74 Å². The van der Waals surface area contributed by atoms with Gasteiger partial charge in [0, 0.05) is 19.8 Å². The third kappa shape index (κ3) is 4.28. The van der Waals surface area contributed by atoms with Gasteiger partial charge in [0.2, 0.25) is 5.91 Å². The van der Waals surface area contributed by atoms with Gasteiger partial charge in [0.15, 0.2) is 0 Å². The van der Waals surface area contributed by atoms with Crippen molar-refractivity contribution in [1.29, 1.82) is 0 Å². The molecule has 0 spiro atoms. The van der Waals surface area contributed by atoms with Crippen LogP contribution < -0.4 is 10.6 Å². The van der Waals surface area contributed by atoms with E-state index in [1.165, 1.54) is 0 Å². The topological polar surface area (TPSA) is 50.4 Å². The zero-order valence-electron chi connectivity index (χ0n) is 11.2. The van der Waals surface area contributed by atoms with Gasteiger partial charge in [0.1, 0.15) is 0 Å². The molecule has 0 radical (unpaired) electrons. The van der Waals surface area contributed by atoms with Crippen molar-refractivity contribution in [3.63, 3.8) is 0 Å². The summed E-state index contributed by atoms with van der Waals surface area (Å²) < 4.78 is 5.25. The summed E-state index contributed by atoms with van der Waals surface area (Å²) >= 11 is 0. The Labute approximate surface area is 104 Å². The summed E-state index contributed by atoms with van der Waals surface area (Å²) in [6, 6.07) is 0. The highest BCUT2D eigenvalue weighted by Crippen LogP contribution is 2.32. The number of piperidine rings is 1. The summed E-state index contributed by atoms with van der Waals surface area (Å²) in [5.41, 5.74) is -0.128. The van der Waals surface area contributed by atoms with E-state index in [0.29, 0.717) is 0 Å². The van der Waals surface area contributed by atoms with E-state index in [1.54, 1.807) is 0 Å². The van der Waals surface area contributed by atoms with Crippen molar-refractivity contribution in [2.24, 2.45) is 5.41 Å². The molecule has 1 rings (SSSR count). The number of carbonyl (C=O) groups excluding carboxylic acids is 1. The number of hydrogen-bond acceptors (Lipinski definition) is 3. The molecule has 0 aromatic heterocycles. The number of nitrogens with one attached hydrogen (secondary N) is 2. The lowest BCUT2D eigenvalue weighted by molar-refractivity contribution is -0.132. The molecule has 100 valence electrons. The molecule has 2 N–H and O–H groups in total. The Balaban J connectivity index is 2.28. The van der Waals surface area contributed by atoms with Crippen LogP contribution in [0.3, 0.4) is 0 Å². The molecule has 4 heteroatoms. The second-order valence-electron chi connectivity index (χ2n) is 4.69. The molecule has 0 aromatic carbocycles. The molecule has 1 fully saturated rings. The highest BCUT2D eigenvalue weighted by atomic mass is 16.5. The van der Waals surface area contributed by atoms with Crippen LogP contribution in [0.4, 0.5) is 0 Å². The standard InChI is InChI=1S/C13H26N2O2/c1-3-13(6-9-14-10-7-13)12(16)15-8-5-11-17-4-2/h14H,3-11H2,1-2H3,(H,15,16). The Morgan fingerprint density at radius 1 is 1.35 bits per heavy atom. The molecule has 1 heterocycles. The van der Waals surface area contributed by atoms with E-state index in [-0.39, 0.29) is 11.3 Å². The van der Waals surface area contributed by atoms with E-state index in [0.717, 1.165) is 58.5 Å². The fraction of sp³-hybridized carbons (Fsp3) is 0.923. The molecule has 0 atom stereocenters. The van der Waals surface area contributed by atoms with Crippen LogP contribution >= 0.6 is 0 Å². The van der Waals surface area contributed by atoms with Gasteiger partial charge < -0.3 is 15.4 Å². The lowest BCUT2D eigenvalue weighted by atomic mass is 9.76. The average Bonchev–Trinajstić information content (AvgIpc) is 2.39. The van der Waals surface area contributed by atoms with Crippen LogP contribution in [-0.4, -0.2) is 38.8 Å². The van der Waals surface area contributed by atoms with E-state index in [1.807, 2.05) is 6.92 Å². The van der Waals surface area contributed by atoms with Crippen molar-refractivity contribution in [1.82, 2.24) is 10.6 Å². The molecule has 0 aliphatic carbocycles. The van der Waals surface area contributed by atoms with Crippen LogP contribution in [0.5, 0.6) is 0 Å². The zero-order valence-corrected chi connectivity index (χ0v) is 11.2. The first-order valence-electron chi connectivity index (χ1n) is 6.82. The first kappa shape index (κ1) is 14.5. The Bertz CT molecular complexity index is 225. The highest BCUT2D eigenvalue weighted by Gasteiger charge is 2.37. The minimum atomic E-state index is -0.128. The maximum absolute atomic E-state index is 12.2. The van der Waals surface area contributed by atoms with Crippen LogP contribution in [0.1, 0.15) is 39.5 Å². The monoisotopic (exact) mass is 242 g/mol. The Hall–Kier alpha value is -0.610. The van der Waals surface area contributed by atoms with Crippen molar-refractivity contribution in [3.8, 4) is 0 Å². The Kier molecular flexibility index (Phi) is 6.52. The van der Waals surface area contributed by atoms with E-state index < -0.39 is 0 Å². The zero-order chi connectivity index (χ0) is 12.6. The SMILES string of the molecule is CCOCCCNC(=O)C1(CC)CCNCC1. The molecule has 0 aromatic rings. The fourth-order valence-electron chi connectivity index (χ4n) is 2.35. The molecule has 1 aliphatic heterocycles. The maximum atomic E-state index is 12.2. The quantitative estimate of drug-likeness (QED) is 0.662. The van der Waals surface area contributed by atoms with Gasteiger partial charge in [-0.15, -0.1) is 0 Å². The maximum Gasteiger partial charge on any atom is 0.226 e. The third-order valence-electron chi connectivity index (χ3n) is 3.67. The predicted molar refractivity (Wildman–Crippen MR) is 68.9 cm³/mol. The van der Waals surface area contributed by atoms with Crippen molar-refractivity contribution in [2.75, 3.05) is 32.8 Å². The smallest absolute Gasteiger partial charge is 0.226 e. The van der Waals surface area contributed by atoms with Crippen LogP contribution in [0.2, 0.25) is 0 Å². The minimum Gasteiger partial charge on any atom is -0.382 e. The molecule has 0 bridgehead atoms. The number of rotatable bonds is 7. The van der Waals surface area contributed by atoms with Crippen LogP contribution in [0.25, 0.3) is 0 Å². The molecular formula is C13H26N2O2. The van der Waals surface area contributed by atoms with Crippen molar-refractivity contribution >= 4 is 5.91 Å². The van der Waals surface area contributed by atoms with Gasteiger partial charge >= 0.3 is 0 Å². The second-order valence-corrected chi connectivity index (χ2v) is 4.69. The number of amides is 1. The molecule has 1 aliphatic rings. The Morgan fingerprint density at radius 3 is 2.65 bits per heavy atom. The van der Waals surface area contributed by atoms with Gasteiger partial charge in [0.25, 0.3) is 0 Å². The molecule has 0 unspecified atom stereocenters. The van der Waals surface area contributed by atoms with E-state index in [2.05, 4.69) is 17.6 Å². The molecular weight excluding hydrogens is 216 g/mol. The first-order valence-corrected chi connectivity index (χ1v) is 6.82. The van der Waals surface area contributed by atoms with Crippen molar-refractivity contribution < 1.29 is 9.53 Å². The average molecular weight is 242 g/mol. The van der Waals surface area contributed by atoms with Crippen LogP contribution in [-0.2, 0) is 9.53 Å². The largest absolute Gasteiger partial charge is 0.382 e. The van der Waals surface area contributed by atoms with E-state index in [9.17, 15) is 4.79 Å². The highest BCUT2D eigenvalue weighted by molar-refractivity contribution is 5.82. The van der Waals surface area contributed by atoms with Gasteiger partial charge in [-0.05, 0) is 45.7 Å². The molecule has 1 saturated heterocycles. The molecule has 4 nitrogen and oxygen atoms in total. The lowest BCUT2D eigenvalue weighted by Crippen LogP contribution is -2.47. The summed E-state index contributed by atoms with van der Waals surface area (Å²) in [6.07, 6.45) is 3.76. The number of hydrogen-bond donors (Lipinski definition) is 2. The molecule has 17 heavy (non-hydrogen) atoms. The summed E-state index contributed by atoms with van der Waals surface area (Å²) in [4.78, 5) is 12.2. The number of ether oxygens (including phenoxy) is 1. The second kappa shape index (κ2) is 7.67. The van der Waals surface area contributed by atoms with Gasteiger partial charge in [-0.1, -0.05) is 6.92 Å². The fourth-order valence-corrected chi connectivity index (χ4v) is 2.35. The first-order chi connectivity index (χ1) is 8.25. The normalized spacial score (nSPS) is 18.9. The van der Waals surface area contributed by atoms with Crippen molar-refractivity contribution in [2.45, 2.75) is 39.5 Å². The summed E-state index contributed by atoms with van der Waals surface area (Å²) in [6.45, 7) is 8.23. The van der Waals surface area contributed by atoms with Gasteiger partial charge in [-0.2, -0.15) is 0 Å². The lowest BCUT2D eigenvalue weighted by Gasteiger charge is -2.35. The van der Waals surface area contributed by atoms with Crippen molar-refractivity contribution in [3.05, 3.63) is 0 Å². The summed E-state index contributed by atoms with van der Waals surface area (Å²) in [5, 5.41) is 6.37. The Morgan fingerprint density at radius 2 is 2.06 bits per heavy atom. The van der Waals surface area contributed by atoms with Crippen LogP contribution in [0.15, 0.2) is 0 Å². The molecule has 0 saturated carbocycles. The van der Waals surface area contributed by atoms with E-state index >= 15 is 0 Å². The van der Waals surface area contributed by atoms with Crippen LogP contribution in [0, 0.1) is 5.41 Å². The van der Waals surface area contributed by atoms with Gasteiger partial charge in [-0.25, -0.2) is 0 Å². The predicted octanol–water partition coefficient (Wildman–Crippen LogP) is 1.31. The minimum absolute atomic E-state index is 0.128.